The maximum absolute atomic E-state index is 12.9. The van der Waals surface area contributed by atoms with E-state index >= 15 is 0 Å². The molecule has 2 aliphatic rings. The number of nitrogens with zero attached hydrogens (tertiary/aromatic N) is 1. The number of ether oxygens (including phenoxy) is 1. The van der Waals surface area contributed by atoms with Gasteiger partial charge in [0.25, 0.3) is 0 Å². The summed E-state index contributed by atoms with van der Waals surface area (Å²) in [5, 5.41) is 5.63. The maximum atomic E-state index is 12.9. The number of hydrogen-bond acceptors (Lipinski definition) is 4. The summed E-state index contributed by atoms with van der Waals surface area (Å²) in [6, 6.07) is -0.0483. The Morgan fingerprint density at radius 3 is 2.27 bits per heavy atom. The highest BCUT2D eigenvalue weighted by Gasteiger charge is 2.69. The van der Waals surface area contributed by atoms with Gasteiger partial charge in [-0.2, -0.15) is 0 Å². The van der Waals surface area contributed by atoms with E-state index in [4.69, 9.17) is 4.74 Å². The smallest absolute Gasteiger partial charge is 0.245 e. The number of rotatable bonds is 7. The third-order valence-electron chi connectivity index (χ3n) is 6.60. The van der Waals surface area contributed by atoms with Crippen LogP contribution in [0.25, 0.3) is 0 Å². The number of methoxy groups -OCH3 is 1. The van der Waals surface area contributed by atoms with Gasteiger partial charge in [0.1, 0.15) is 6.61 Å². The molecule has 2 atom stereocenters. The zero-order valence-electron chi connectivity index (χ0n) is 16.8. The van der Waals surface area contributed by atoms with Crippen molar-refractivity contribution < 1.29 is 19.1 Å². The van der Waals surface area contributed by atoms with Crippen molar-refractivity contribution >= 4 is 17.7 Å². The molecule has 1 saturated heterocycles. The summed E-state index contributed by atoms with van der Waals surface area (Å²) < 4.78 is 4.72. The first-order valence-corrected chi connectivity index (χ1v) is 9.39. The molecule has 1 heterocycles. The van der Waals surface area contributed by atoms with Gasteiger partial charge in [-0.05, 0) is 24.2 Å². The summed E-state index contributed by atoms with van der Waals surface area (Å²) in [5.74, 6) is -0.0964. The van der Waals surface area contributed by atoms with Gasteiger partial charge in [-0.3, -0.25) is 14.4 Å². The SMILES string of the molecule is COCC(=O)NCCC(=O)NC1CCN(C(=O)C2C(C)(C)C2(C)C)C1C. The molecular formula is C19H33N3O4. The Bertz CT molecular complexity index is 559. The molecule has 3 amide bonds. The fourth-order valence-electron chi connectivity index (χ4n) is 4.20. The first kappa shape index (κ1) is 20.7. The molecule has 1 saturated carbocycles. The fraction of sp³-hybridized carbons (Fsp3) is 0.842. The number of hydrogen-bond donors (Lipinski definition) is 2. The summed E-state index contributed by atoms with van der Waals surface area (Å²) in [6.45, 7) is 11.5. The lowest BCUT2D eigenvalue weighted by atomic mass is 10.0. The van der Waals surface area contributed by atoms with Crippen molar-refractivity contribution in [3.05, 3.63) is 0 Å². The molecule has 0 aromatic heterocycles. The van der Waals surface area contributed by atoms with Crippen molar-refractivity contribution in [2.45, 2.75) is 59.5 Å². The van der Waals surface area contributed by atoms with Crippen LogP contribution in [-0.4, -0.2) is 61.5 Å². The lowest BCUT2D eigenvalue weighted by Gasteiger charge is -2.26. The Morgan fingerprint density at radius 2 is 1.73 bits per heavy atom. The number of amides is 3. The van der Waals surface area contributed by atoms with Crippen LogP contribution in [0.15, 0.2) is 0 Å². The Hall–Kier alpha value is -1.63. The van der Waals surface area contributed by atoms with Gasteiger partial charge < -0.3 is 20.3 Å². The van der Waals surface area contributed by atoms with E-state index < -0.39 is 0 Å². The molecule has 2 unspecified atom stereocenters. The van der Waals surface area contributed by atoms with E-state index in [1.54, 1.807) is 0 Å². The first-order valence-electron chi connectivity index (χ1n) is 9.39. The molecule has 0 bridgehead atoms. The molecule has 7 heteroatoms. The molecule has 7 nitrogen and oxygen atoms in total. The van der Waals surface area contributed by atoms with Gasteiger partial charge in [-0.15, -0.1) is 0 Å². The van der Waals surface area contributed by atoms with E-state index in [1.165, 1.54) is 7.11 Å². The van der Waals surface area contributed by atoms with Gasteiger partial charge in [0.2, 0.25) is 17.7 Å². The largest absolute Gasteiger partial charge is 0.375 e. The molecule has 1 aliphatic heterocycles. The van der Waals surface area contributed by atoms with Gasteiger partial charge in [0, 0.05) is 38.6 Å². The minimum Gasteiger partial charge on any atom is -0.375 e. The van der Waals surface area contributed by atoms with E-state index in [9.17, 15) is 14.4 Å². The number of carbonyl (C=O) groups excluding carboxylic acids is 3. The summed E-state index contributed by atoms with van der Waals surface area (Å²) in [4.78, 5) is 38.3. The van der Waals surface area contributed by atoms with Gasteiger partial charge in [-0.25, -0.2) is 0 Å². The summed E-state index contributed by atoms with van der Waals surface area (Å²) in [5.41, 5.74) is 0.0388. The Balaban J connectivity index is 1.80. The van der Waals surface area contributed by atoms with E-state index in [0.717, 1.165) is 6.42 Å². The minimum atomic E-state index is -0.235. The normalized spacial score (nSPS) is 26.5. The Morgan fingerprint density at radius 1 is 1.12 bits per heavy atom. The Kier molecular flexibility index (Phi) is 6.00. The lowest BCUT2D eigenvalue weighted by Crippen LogP contribution is -2.46. The molecule has 2 N–H and O–H groups in total. The molecular weight excluding hydrogens is 334 g/mol. The van der Waals surface area contributed by atoms with Crippen LogP contribution in [0.3, 0.4) is 0 Å². The minimum absolute atomic E-state index is 0.00773. The predicted molar refractivity (Wildman–Crippen MR) is 98.3 cm³/mol. The lowest BCUT2D eigenvalue weighted by molar-refractivity contribution is -0.135. The maximum Gasteiger partial charge on any atom is 0.245 e. The van der Waals surface area contributed by atoms with Crippen molar-refractivity contribution in [2.75, 3.05) is 26.8 Å². The van der Waals surface area contributed by atoms with Crippen LogP contribution >= 0.6 is 0 Å². The van der Waals surface area contributed by atoms with Crippen LogP contribution in [0.5, 0.6) is 0 Å². The molecule has 0 spiro atoms. The number of likely N-dealkylation sites (tertiary alicyclic amines) is 1. The van der Waals surface area contributed by atoms with Gasteiger partial charge >= 0.3 is 0 Å². The summed E-state index contributed by atoms with van der Waals surface area (Å²) >= 11 is 0. The standard InChI is InChI=1S/C19H33N3O4/c1-12-13(21-14(23)7-9-20-15(24)11-26-6)8-10-22(12)17(25)16-18(2,3)19(16,4)5/h12-13,16H,7-11H2,1-6H3,(H,20,24)(H,21,23). The summed E-state index contributed by atoms with van der Waals surface area (Å²) in [6.07, 6.45) is 0.984. The third-order valence-corrected chi connectivity index (χ3v) is 6.60. The summed E-state index contributed by atoms with van der Waals surface area (Å²) in [7, 11) is 1.45. The fourth-order valence-corrected chi connectivity index (χ4v) is 4.20. The van der Waals surface area contributed by atoms with Crippen LogP contribution in [0.1, 0.15) is 47.5 Å². The van der Waals surface area contributed by atoms with Crippen molar-refractivity contribution in [3.63, 3.8) is 0 Å². The molecule has 148 valence electrons. The van der Waals surface area contributed by atoms with E-state index in [0.29, 0.717) is 6.54 Å². The van der Waals surface area contributed by atoms with Gasteiger partial charge in [0.15, 0.2) is 0 Å². The van der Waals surface area contributed by atoms with Crippen LogP contribution in [0.2, 0.25) is 0 Å². The Labute approximate surface area is 156 Å². The molecule has 0 radical (unpaired) electrons. The van der Waals surface area contributed by atoms with Gasteiger partial charge in [0.05, 0.1) is 6.04 Å². The number of carbonyl (C=O) groups is 3. The molecule has 2 fully saturated rings. The predicted octanol–water partition coefficient (Wildman–Crippen LogP) is 0.927. The van der Waals surface area contributed by atoms with Crippen LogP contribution in [-0.2, 0) is 19.1 Å². The quantitative estimate of drug-likeness (QED) is 0.701. The molecule has 26 heavy (non-hydrogen) atoms. The van der Waals surface area contributed by atoms with Gasteiger partial charge in [-0.1, -0.05) is 27.7 Å². The highest BCUT2D eigenvalue weighted by atomic mass is 16.5. The van der Waals surface area contributed by atoms with Crippen LogP contribution in [0.4, 0.5) is 0 Å². The van der Waals surface area contributed by atoms with E-state index in [-0.39, 0.29) is 66.1 Å². The van der Waals surface area contributed by atoms with Crippen LogP contribution < -0.4 is 10.6 Å². The second-order valence-corrected chi connectivity index (χ2v) is 8.64. The number of nitrogens with one attached hydrogen (secondary N) is 2. The molecule has 2 rings (SSSR count). The second-order valence-electron chi connectivity index (χ2n) is 8.64. The van der Waals surface area contributed by atoms with E-state index in [1.807, 2.05) is 11.8 Å². The van der Waals surface area contributed by atoms with Crippen molar-refractivity contribution in [2.24, 2.45) is 16.7 Å². The van der Waals surface area contributed by atoms with Crippen molar-refractivity contribution in [1.29, 1.82) is 0 Å². The monoisotopic (exact) mass is 367 g/mol. The van der Waals surface area contributed by atoms with Crippen molar-refractivity contribution in [1.82, 2.24) is 15.5 Å². The second kappa shape index (κ2) is 7.55. The molecule has 0 aromatic rings. The topological polar surface area (TPSA) is 87.7 Å². The zero-order chi connectivity index (χ0) is 19.7. The van der Waals surface area contributed by atoms with Crippen LogP contribution in [0, 0.1) is 16.7 Å². The average Bonchev–Trinajstić information content (AvgIpc) is 2.77. The highest BCUT2D eigenvalue weighted by molar-refractivity contribution is 5.85. The first-order chi connectivity index (χ1) is 12.0. The molecule has 1 aliphatic carbocycles. The highest BCUT2D eigenvalue weighted by Crippen LogP contribution is 2.69. The molecule has 0 aromatic carbocycles. The van der Waals surface area contributed by atoms with Crippen molar-refractivity contribution in [3.8, 4) is 0 Å². The van der Waals surface area contributed by atoms with E-state index in [2.05, 4.69) is 38.3 Å². The average molecular weight is 367 g/mol. The zero-order valence-corrected chi connectivity index (χ0v) is 16.8. The third kappa shape index (κ3) is 3.87.